The van der Waals surface area contributed by atoms with Crippen LogP contribution in [-0.4, -0.2) is 6.04 Å². The summed E-state index contributed by atoms with van der Waals surface area (Å²) in [6, 6.07) is 7.69. The molecule has 0 bridgehead atoms. The van der Waals surface area contributed by atoms with Gasteiger partial charge in [-0.3, -0.25) is 9.59 Å². The minimum atomic E-state index is -0.494. The van der Waals surface area contributed by atoms with Crippen LogP contribution < -0.4 is 21.5 Å². The van der Waals surface area contributed by atoms with Crippen molar-refractivity contribution < 1.29 is 0 Å². The second-order valence-electron chi connectivity index (χ2n) is 7.31. The largest absolute Gasteiger partial charge is 0.377 e. The Morgan fingerprint density at radius 2 is 1.75 bits per heavy atom. The predicted molar refractivity (Wildman–Crippen MR) is 97.1 cm³/mol. The van der Waals surface area contributed by atoms with Gasteiger partial charge in [0.2, 0.25) is 0 Å². The normalized spacial score (nSPS) is 12.7. The average molecular weight is 325 g/mol. The van der Waals surface area contributed by atoms with Gasteiger partial charge in [-0.25, -0.2) is 0 Å². The number of benzene rings is 1. The summed E-state index contributed by atoms with van der Waals surface area (Å²) in [4.78, 5) is 23.7. The molecule has 2 aromatic rings. The SMILES string of the molecule is Cc1cc(C#N)cc(CNc2c(NC(C)C(C)(C)C)c(=O)c2=O)c1. The molecule has 0 fully saturated rings. The lowest BCUT2D eigenvalue weighted by atomic mass is 9.87. The van der Waals surface area contributed by atoms with E-state index in [-0.39, 0.29) is 11.5 Å². The summed E-state index contributed by atoms with van der Waals surface area (Å²) in [6.07, 6.45) is 0. The Labute approximate surface area is 142 Å². The fourth-order valence-corrected chi connectivity index (χ4v) is 2.35. The van der Waals surface area contributed by atoms with Crippen molar-refractivity contribution in [2.75, 3.05) is 10.6 Å². The van der Waals surface area contributed by atoms with Crippen molar-refractivity contribution in [3.05, 3.63) is 55.3 Å². The lowest BCUT2D eigenvalue weighted by molar-refractivity contribution is 0.359. The van der Waals surface area contributed by atoms with Crippen molar-refractivity contribution in [3.63, 3.8) is 0 Å². The predicted octanol–water partition coefficient (Wildman–Crippen LogP) is 2.92. The van der Waals surface area contributed by atoms with E-state index < -0.39 is 10.9 Å². The van der Waals surface area contributed by atoms with Crippen molar-refractivity contribution in [3.8, 4) is 6.07 Å². The summed E-state index contributed by atoms with van der Waals surface area (Å²) in [5.41, 5.74) is 2.14. The highest BCUT2D eigenvalue weighted by molar-refractivity contribution is 5.74. The first-order valence-corrected chi connectivity index (χ1v) is 7.98. The van der Waals surface area contributed by atoms with E-state index in [2.05, 4.69) is 37.5 Å². The molecule has 0 heterocycles. The van der Waals surface area contributed by atoms with E-state index in [1.807, 2.05) is 19.9 Å². The van der Waals surface area contributed by atoms with E-state index >= 15 is 0 Å². The van der Waals surface area contributed by atoms with Gasteiger partial charge < -0.3 is 10.6 Å². The molecule has 2 N–H and O–H groups in total. The van der Waals surface area contributed by atoms with Gasteiger partial charge in [-0.2, -0.15) is 5.26 Å². The fraction of sp³-hybridized carbons (Fsp3) is 0.421. The van der Waals surface area contributed by atoms with Gasteiger partial charge in [0.25, 0.3) is 10.9 Å². The van der Waals surface area contributed by atoms with Gasteiger partial charge in [-0.05, 0) is 42.5 Å². The maximum Gasteiger partial charge on any atom is 0.253 e. The highest BCUT2D eigenvalue weighted by Crippen LogP contribution is 2.25. The van der Waals surface area contributed by atoms with Gasteiger partial charge >= 0.3 is 0 Å². The Kier molecular flexibility index (Phi) is 4.79. The van der Waals surface area contributed by atoms with Gasteiger partial charge in [0.15, 0.2) is 0 Å². The quantitative estimate of drug-likeness (QED) is 0.826. The first-order valence-electron chi connectivity index (χ1n) is 7.98. The van der Waals surface area contributed by atoms with Crippen LogP contribution in [0.4, 0.5) is 11.4 Å². The molecule has 24 heavy (non-hydrogen) atoms. The number of nitrogens with one attached hydrogen (secondary N) is 2. The zero-order valence-electron chi connectivity index (χ0n) is 14.8. The summed E-state index contributed by atoms with van der Waals surface area (Å²) in [6.45, 7) is 10.5. The second kappa shape index (κ2) is 6.48. The van der Waals surface area contributed by atoms with Crippen LogP contribution in [0.15, 0.2) is 27.8 Å². The van der Waals surface area contributed by atoms with E-state index in [0.717, 1.165) is 11.1 Å². The summed E-state index contributed by atoms with van der Waals surface area (Å²) in [5.74, 6) is 0. The third kappa shape index (κ3) is 3.65. The summed E-state index contributed by atoms with van der Waals surface area (Å²) in [5, 5.41) is 15.2. The Morgan fingerprint density at radius 3 is 2.33 bits per heavy atom. The molecule has 5 heteroatoms. The molecular weight excluding hydrogens is 302 g/mol. The Hall–Kier alpha value is -2.61. The number of nitrogens with zero attached hydrogens (tertiary/aromatic N) is 1. The molecule has 2 rings (SSSR count). The van der Waals surface area contributed by atoms with Gasteiger partial charge in [0.05, 0.1) is 11.6 Å². The summed E-state index contributed by atoms with van der Waals surface area (Å²) < 4.78 is 0. The van der Waals surface area contributed by atoms with Crippen LogP contribution >= 0.6 is 0 Å². The summed E-state index contributed by atoms with van der Waals surface area (Å²) >= 11 is 0. The van der Waals surface area contributed by atoms with Gasteiger partial charge in [-0.1, -0.05) is 26.8 Å². The molecular formula is C19H23N3O2. The number of aryl methyl sites for hydroxylation is 1. The van der Waals surface area contributed by atoms with Crippen molar-refractivity contribution in [1.29, 1.82) is 5.26 Å². The van der Waals surface area contributed by atoms with Crippen molar-refractivity contribution in [1.82, 2.24) is 0 Å². The average Bonchev–Trinajstić information content (AvgIpc) is 2.51. The lowest BCUT2D eigenvalue weighted by Crippen LogP contribution is -2.41. The van der Waals surface area contributed by atoms with E-state index in [0.29, 0.717) is 23.5 Å². The van der Waals surface area contributed by atoms with Crippen LogP contribution in [-0.2, 0) is 6.54 Å². The number of anilines is 2. The standard InChI is InChI=1S/C19H23N3O2/c1-11-6-13(9-20)8-14(7-11)10-21-15-16(18(24)17(15)23)22-12(2)19(3,4)5/h6-8,12,21-22H,10H2,1-5H3. The minimum absolute atomic E-state index is 0.0325. The number of hydrogen-bond acceptors (Lipinski definition) is 5. The van der Waals surface area contributed by atoms with Crippen LogP contribution in [0.3, 0.4) is 0 Å². The molecule has 0 aromatic heterocycles. The zero-order chi connectivity index (χ0) is 18.1. The second-order valence-corrected chi connectivity index (χ2v) is 7.31. The highest BCUT2D eigenvalue weighted by Gasteiger charge is 2.26. The number of rotatable bonds is 5. The first kappa shape index (κ1) is 17.7. The third-order valence-corrected chi connectivity index (χ3v) is 4.31. The smallest absolute Gasteiger partial charge is 0.253 e. The van der Waals surface area contributed by atoms with E-state index in [1.165, 1.54) is 0 Å². The maximum absolute atomic E-state index is 11.9. The van der Waals surface area contributed by atoms with Gasteiger partial charge in [0.1, 0.15) is 11.4 Å². The topological polar surface area (TPSA) is 82.0 Å². The van der Waals surface area contributed by atoms with Crippen molar-refractivity contribution >= 4 is 11.4 Å². The van der Waals surface area contributed by atoms with Crippen LogP contribution in [0, 0.1) is 23.7 Å². The van der Waals surface area contributed by atoms with E-state index in [9.17, 15) is 9.59 Å². The van der Waals surface area contributed by atoms with Gasteiger partial charge in [-0.15, -0.1) is 0 Å². The highest BCUT2D eigenvalue weighted by atomic mass is 16.2. The maximum atomic E-state index is 11.9. The molecule has 0 radical (unpaired) electrons. The Balaban J connectivity index is 2.16. The molecule has 1 unspecified atom stereocenters. The Bertz CT molecular complexity index is 862. The Morgan fingerprint density at radius 1 is 1.12 bits per heavy atom. The first-order chi connectivity index (χ1) is 11.1. The van der Waals surface area contributed by atoms with E-state index in [1.54, 1.807) is 12.1 Å². The molecule has 1 atom stereocenters. The summed E-state index contributed by atoms with van der Waals surface area (Å²) in [7, 11) is 0. The van der Waals surface area contributed by atoms with Crippen molar-refractivity contribution in [2.24, 2.45) is 5.41 Å². The number of nitriles is 1. The third-order valence-electron chi connectivity index (χ3n) is 4.31. The van der Waals surface area contributed by atoms with Gasteiger partial charge in [0, 0.05) is 12.6 Å². The zero-order valence-corrected chi connectivity index (χ0v) is 14.8. The molecule has 0 amide bonds. The molecule has 0 saturated heterocycles. The number of hydrogen-bond donors (Lipinski definition) is 2. The molecule has 2 aromatic carbocycles. The molecule has 5 nitrogen and oxygen atoms in total. The molecule has 0 aliphatic rings. The molecule has 0 spiro atoms. The molecule has 0 aliphatic heterocycles. The molecule has 0 saturated carbocycles. The molecule has 0 aliphatic carbocycles. The lowest BCUT2D eigenvalue weighted by Gasteiger charge is -2.30. The fourth-order valence-electron chi connectivity index (χ4n) is 2.35. The van der Waals surface area contributed by atoms with Crippen LogP contribution in [0.2, 0.25) is 0 Å². The van der Waals surface area contributed by atoms with Crippen LogP contribution in [0.1, 0.15) is 44.4 Å². The molecule has 126 valence electrons. The minimum Gasteiger partial charge on any atom is -0.377 e. The van der Waals surface area contributed by atoms with Crippen molar-refractivity contribution in [2.45, 2.75) is 47.2 Å². The monoisotopic (exact) mass is 325 g/mol. The van der Waals surface area contributed by atoms with E-state index in [4.69, 9.17) is 5.26 Å². The van der Waals surface area contributed by atoms with Crippen LogP contribution in [0.5, 0.6) is 0 Å². The van der Waals surface area contributed by atoms with Crippen LogP contribution in [0.25, 0.3) is 0 Å².